The van der Waals surface area contributed by atoms with E-state index in [9.17, 15) is 18.0 Å². The summed E-state index contributed by atoms with van der Waals surface area (Å²) in [7, 11) is 2.62. The second kappa shape index (κ2) is 6.56. The van der Waals surface area contributed by atoms with Crippen LogP contribution < -0.4 is 4.74 Å². The number of hydrogen-bond acceptors (Lipinski definition) is 6. The van der Waals surface area contributed by atoms with Gasteiger partial charge in [0, 0.05) is 15.8 Å². The maximum Gasteiger partial charge on any atom is 0.433 e. The van der Waals surface area contributed by atoms with Crippen LogP contribution in [0.25, 0.3) is 21.5 Å². The second-order valence-corrected chi connectivity index (χ2v) is 6.52. The lowest BCUT2D eigenvalue weighted by atomic mass is 10.1. The van der Waals surface area contributed by atoms with E-state index in [1.54, 1.807) is 13.0 Å². The van der Waals surface area contributed by atoms with Crippen molar-refractivity contribution < 1.29 is 27.4 Å². The zero-order valence-corrected chi connectivity index (χ0v) is 14.8. The molecular formula is C17H13F3N2O3S. The summed E-state index contributed by atoms with van der Waals surface area (Å²) in [4.78, 5) is 20.4. The number of thiazole rings is 1. The molecule has 0 aliphatic carbocycles. The lowest BCUT2D eigenvalue weighted by molar-refractivity contribution is -0.140. The lowest BCUT2D eigenvalue weighted by Gasteiger charge is -2.11. The van der Waals surface area contributed by atoms with Crippen LogP contribution in [0.1, 0.15) is 21.1 Å². The Morgan fingerprint density at radius 2 is 1.85 bits per heavy atom. The monoisotopic (exact) mass is 382 g/mol. The average molecular weight is 382 g/mol. The Balaban J connectivity index is 2.23. The molecule has 0 atom stereocenters. The van der Waals surface area contributed by atoms with Crippen LogP contribution in [0.3, 0.4) is 0 Å². The fraction of sp³-hybridized carbons (Fsp3) is 0.235. The molecule has 0 bridgehead atoms. The largest absolute Gasteiger partial charge is 0.494 e. The van der Waals surface area contributed by atoms with Gasteiger partial charge in [-0.1, -0.05) is 0 Å². The SMILES string of the molecule is COC(=O)c1nc(-c2ccc(OC)c3nc(C(F)(F)F)ccc23)sc1C. The number of ether oxygens (including phenoxy) is 2. The van der Waals surface area contributed by atoms with Gasteiger partial charge >= 0.3 is 12.1 Å². The summed E-state index contributed by atoms with van der Waals surface area (Å²) in [5, 5.41) is 0.930. The zero-order valence-electron chi connectivity index (χ0n) is 14.0. The Morgan fingerprint density at radius 1 is 1.12 bits per heavy atom. The van der Waals surface area contributed by atoms with Crippen molar-refractivity contribution in [3.63, 3.8) is 0 Å². The molecule has 0 amide bonds. The fourth-order valence-electron chi connectivity index (χ4n) is 2.50. The van der Waals surface area contributed by atoms with Crippen LogP contribution in [0.2, 0.25) is 0 Å². The zero-order chi connectivity index (χ0) is 19.1. The highest BCUT2D eigenvalue weighted by molar-refractivity contribution is 7.15. The molecule has 0 spiro atoms. The first-order valence-electron chi connectivity index (χ1n) is 7.37. The Labute approximate surface area is 150 Å². The quantitative estimate of drug-likeness (QED) is 0.625. The number of alkyl halides is 3. The number of benzene rings is 1. The van der Waals surface area contributed by atoms with Gasteiger partial charge in [0.15, 0.2) is 5.69 Å². The van der Waals surface area contributed by atoms with Crippen LogP contribution in [0.5, 0.6) is 5.75 Å². The summed E-state index contributed by atoms with van der Waals surface area (Å²) < 4.78 is 48.8. The number of fused-ring (bicyclic) bond motifs is 1. The van der Waals surface area contributed by atoms with Crippen LogP contribution in [-0.2, 0) is 10.9 Å². The molecule has 0 saturated carbocycles. The molecule has 3 aromatic rings. The van der Waals surface area contributed by atoms with E-state index in [1.807, 2.05) is 0 Å². The first-order chi connectivity index (χ1) is 12.3. The Hall–Kier alpha value is -2.68. The Morgan fingerprint density at radius 3 is 2.46 bits per heavy atom. The minimum absolute atomic E-state index is 0.0762. The highest BCUT2D eigenvalue weighted by atomic mass is 32.1. The van der Waals surface area contributed by atoms with Crippen molar-refractivity contribution in [3.05, 3.63) is 40.5 Å². The number of aromatic nitrogens is 2. The summed E-state index contributed by atoms with van der Waals surface area (Å²) in [6.07, 6.45) is -4.56. The number of pyridine rings is 1. The Bertz CT molecular complexity index is 999. The molecule has 0 radical (unpaired) electrons. The molecule has 1 aromatic carbocycles. The van der Waals surface area contributed by atoms with E-state index in [1.165, 1.54) is 37.7 Å². The molecule has 26 heavy (non-hydrogen) atoms. The van der Waals surface area contributed by atoms with E-state index in [4.69, 9.17) is 9.47 Å². The Kier molecular flexibility index (Phi) is 4.57. The molecule has 136 valence electrons. The van der Waals surface area contributed by atoms with E-state index < -0.39 is 17.8 Å². The molecule has 3 rings (SSSR count). The van der Waals surface area contributed by atoms with Crippen molar-refractivity contribution in [1.29, 1.82) is 0 Å². The van der Waals surface area contributed by atoms with Crippen molar-refractivity contribution in [2.75, 3.05) is 14.2 Å². The van der Waals surface area contributed by atoms with Crippen LogP contribution in [0.15, 0.2) is 24.3 Å². The van der Waals surface area contributed by atoms with Gasteiger partial charge in [0.25, 0.3) is 0 Å². The van der Waals surface area contributed by atoms with Crippen molar-refractivity contribution in [1.82, 2.24) is 9.97 Å². The molecule has 5 nitrogen and oxygen atoms in total. The standard InChI is InChI=1S/C17H13F3N2O3S/c1-8-13(16(23)25-3)22-15(26-8)10-4-6-11(24-2)14-9(10)5-7-12(21-14)17(18,19)20/h4-7H,1-3H3. The summed E-state index contributed by atoms with van der Waals surface area (Å²) in [5.74, 6) is -0.350. The molecule has 2 heterocycles. The third-order valence-electron chi connectivity index (χ3n) is 3.74. The minimum atomic E-state index is -4.56. The highest BCUT2D eigenvalue weighted by Gasteiger charge is 2.33. The van der Waals surface area contributed by atoms with E-state index in [0.29, 0.717) is 20.8 Å². The minimum Gasteiger partial charge on any atom is -0.494 e. The molecule has 9 heteroatoms. The van der Waals surface area contributed by atoms with Crippen LogP contribution in [0.4, 0.5) is 13.2 Å². The third kappa shape index (κ3) is 3.10. The maximum atomic E-state index is 13.0. The number of carbonyl (C=O) groups is 1. The molecule has 0 unspecified atom stereocenters. The second-order valence-electron chi connectivity index (χ2n) is 5.32. The molecule has 0 aliphatic heterocycles. The molecule has 2 aromatic heterocycles. The number of aryl methyl sites for hydroxylation is 1. The van der Waals surface area contributed by atoms with Gasteiger partial charge in [-0.3, -0.25) is 0 Å². The van der Waals surface area contributed by atoms with Crippen molar-refractivity contribution in [2.24, 2.45) is 0 Å². The van der Waals surface area contributed by atoms with Crippen LogP contribution >= 0.6 is 11.3 Å². The van der Waals surface area contributed by atoms with Crippen LogP contribution in [0, 0.1) is 6.92 Å². The van der Waals surface area contributed by atoms with E-state index in [2.05, 4.69) is 9.97 Å². The van der Waals surface area contributed by atoms with Gasteiger partial charge in [-0.2, -0.15) is 13.2 Å². The number of halogens is 3. The first-order valence-corrected chi connectivity index (χ1v) is 8.19. The molecule has 0 aliphatic rings. The lowest BCUT2D eigenvalue weighted by Crippen LogP contribution is -2.08. The fourth-order valence-corrected chi connectivity index (χ4v) is 3.44. The number of nitrogens with zero attached hydrogens (tertiary/aromatic N) is 2. The molecule has 0 saturated heterocycles. The predicted molar refractivity (Wildman–Crippen MR) is 90.5 cm³/mol. The smallest absolute Gasteiger partial charge is 0.433 e. The van der Waals surface area contributed by atoms with E-state index in [-0.39, 0.29) is 17.0 Å². The normalized spacial score (nSPS) is 11.6. The van der Waals surface area contributed by atoms with Crippen molar-refractivity contribution in [3.8, 4) is 16.3 Å². The average Bonchev–Trinajstić information content (AvgIpc) is 3.00. The summed E-state index contributed by atoms with van der Waals surface area (Å²) in [5.41, 5.74) is -0.195. The van der Waals surface area contributed by atoms with Gasteiger partial charge in [-0.05, 0) is 31.2 Å². The first kappa shape index (κ1) is 18.1. The third-order valence-corrected chi connectivity index (χ3v) is 4.74. The highest BCUT2D eigenvalue weighted by Crippen LogP contribution is 2.38. The molecule has 0 N–H and O–H groups in total. The number of methoxy groups -OCH3 is 2. The van der Waals surface area contributed by atoms with Gasteiger partial charge in [0.05, 0.1) is 14.2 Å². The topological polar surface area (TPSA) is 61.3 Å². The number of carbonyl (C=O) groups excluding carboxylic acids is 1. The molecular weight excluding hydrogens is 369 g/mol. The number of esters is 1. The number of hydrogen-bond donors (Lipinski definition) is 0. The van der Waals surface area contributed by atoms with E-state index >= 15 is 0 Å². The predicted octanol–water partition coefficient (Wildman–Crippen LogP) is 4.48. The van der Waals surface area contributed by atoms with Gasteiger partial charge in [-0.25, -0.2) is 14.8 Å². The van der Waals surface area contributed by atoms with Gasteiger partial charge in [-0.15, -0.1) is 11.3 Å². The summed E-state index contributed by atoms with van der Waals surface area (Å²) in [6, 6.07) is 5.44. The van der Waals surface area contributed by atoms with Gasteiger partial charge in [0.2, 0.25) is 0 Å². The van der Waals surface area contributed by atoms with Crippen molar-refractivity contribution >= 4 is 28.2 Å². The summed E-state index contributed by atoms with van der Waals surface area (Å²) >= 11 is 1.25. The molecule has 0 fully saturated rings. The van der Waals surface area contributed by atoms with Gasteiger partial charge in [0.1, 0.15) is 22.0 Å². The van der Waals surface area contributed by atoms with Crippen molar-refractivity contribution in [2.45, 2.75) is 13.1 Å². The number of rotatable bonds is 3. The van der Waals surface area contributed by atoms with Crippen LogP contribution in [-0.4, -0.2) is 30.2 Å². The summed E-state index contributed by atoms with van der Waals surface area (Å²) in [6.45, 7) is 1.72. The maximum absolute atomic E-state index is 13.0. The van der Waals surface area contributed by atoms with Gasteiger partial charge < -0.3 is 9.47 Å². The van der Waals surface area contributed by atoms with E-state index in [0.717, 1.165) is 6.07 Å².